The van der Waals surface area contributed by atoms with Crippen LogP contribution in [-0.4, -0.2) is 4.21 Å². The van der Waals surface area contributed by atoms with E-state index in [4.69, 9.17) is 0 Å². The maximum Gasteiger partial charge on any atom is 0.0711 e. The maximum atomic E-state index is 11.9. The van der Waals surface area contributed by atoms with E-state index in [-0.39, 0.29) is 0 Å². The van der Waals surface area contributed by atoms with Crippen molar-refractivity contribution in [2.75, 3.05) is 0 Å². The third-order valence-electron chi connectivity index (χ3n) is 4.76. The van der Waals surface area contributed by atoms with Crippen LogP contribution in [0.5, 0.6) is 0 Å². The van der Waals surface area contributed by atoms with Crippen LogP contribution in [0.2, 0.25) is 0 Å². The van der Waals surface area contributed by atoms with Crippen LogP contribution in [0, 0.1) is 5.92 Å². The summed E-state index contributed by atoms with van der Waals surface area (Å²) in [5.74, 6) is 1.03. The highest BCUT2D eigenvalue weighted by molar-refractivity contribution is 7.91. The molecule has 3 atom stereocenters. The van der Waals surface area contributed by atoms with Gasteiger partial charge >= 0.3 is 0 Å². The average molecular weight is 282 g/mol. The second kappa shape index (κ2) is 4.85. The molecule has 0 radical (unpaired) electrons. The average Bonchev–Trinajstić information content (AvgIpc) is 2.85. The first kappa shape index (κ1) is 12.3. The van der Waals surface area contributed by atoms with Crippen LogP contribution in [0.15, 0.2) is 63.9 Å². The summed E-state index contributed by atoms with van der Waals surface area (Å²) in [6.45, 7) is 0. The van der Waals surface area contributed by atoms with Crippen molar-refractivity contribution in [3.8, 4) is 0 Å². The highest BCUT2D eigenvalue weighted by Crippen LogP contribution is 2.51. The zero-order chi connectivity index (χ0) is 13.5. The molecule has 1 saturated carbocycles. The monoisotopic (exact) mass is 282 g/mol. The number of fused-ring (bicyclic) bond motifs is 2. The Morgan fingerprint density at radius 2 is 1.90 bits per heavy atom. The zero-order valence-corrected chi connectivity index (χ0v) is 12.2. The maximum absolute atomic E-state index is 11.9. The van der Waals surface area contributed by atoms with Gasteiger partial charge in [0, 0.05) is 16.7 Å². The minimum atomic E-state index is -0.919. The van der Waals surface area contributed by atoms with Crippen molar-refractivity contribution in [3.63, 3.8) is 0 Å². The summed E-state index contributed by atoms with van der Waals surface area (Å²) in [6, 6.07) is 10.8. The lowest BCUT2D eigenvalue weighted by atomic mass is 9.66. The molecule has 3 unspecified atom stereocenters. The molecule has 20 heavy (non-hydrogen) atoms. The summed E-state index contributed by atoms with van der Waals surface area (Å²) in [5, 5.41) is 3.89. The van der Waals surface area contributed by atoms with Crippen LogP contribution in [-0.2, 0) is 10.8 Å². The number of rotatable bonds is 1. The first-order chi connectivity index (χ1) is 9.83. The molecule has 0 amide bonds. The van der Waals surface area contributed by atoms with Gasteiger partial charge in [0.25, 0.3) is 0 Å². The lowest BCUT2D eigenvalue weighted by molar-refractivity contribution is 0.407. The molecule has 1 fully saturated rings. The fraction of sp³-hybridized carbons (Fsp3) is 0.333. The van der Waals surface area contributed by atoms with E-state index in [0.29, 0.717) is 11.8 Å². The van der Waals surface area contributed by atoms with Gasteiger partial charge < -0.3 is 0 Å². The van der Waals surface area contributed by atoms with E-state index in [2.05, 4.69) is 36.4 Å². The summed E-state index contributed by atoms with van der Waals surface area (Å²) < 4.78 is 11.9. The van der Waals surface area contributed by atoms with Gasteiger partial charge in [-0.3, -0.25) is 4.21 Å². The molecule has 1 aromatic carbocycles. The van der Waals surface area contributed by atoms with E-state index in [0.717, 1.165) is 0 Å². The molecular formula is C18H18OS. The predicted octanol–water partition coefficient (Wildman–Crippen LogP) is 4.43. The van der Waals surface area contributed by atoms with Crippen molar-refractivity contribution in [1.82, 2.24) is 0 Å². The van der Waals surface area contributed by atoms with Gasteiger partial charge in [-0.2, -0.15) is 0 Å². The molecule has 0 aromatic heterocycles. The highest BCUT2D eigenvalue weighted by atomic mass is 32.2. The van der Waals surface area contributed by atoms with Gasteiger partial charge in [-0.05, 0) is 41.9 Å². The van der Waals surface area contributed by atoms with Crippen LogP contribution in [0.4, 0.5) is 0 Å². The highest BCUT2D eigenvalue weighted by Gasteiger charge is 2.37. The van der Waals surface area contributed by atoms with E-state index < -0.39 is 10.8 Å². The van der Waals surface area contributed by atoms with Crippen LogP contribution in [0.25, 0.3) is 0 Å². The van der Waals surface area contributed by atoms with E-state index >= 15 is 0 Å². The Morgan fingerprint density at radius 1 is 1.05 bits per heavy atom. The van der Waals surface area contributed by atoms with E-state index in [1.165, 1.54) is 42.4 Å². The van der Waals surface area contributed by atoms with Gasteiger partial charge in [-0.15, -0.1) is 0 Å². The molecular weight excluding hydrogens is 264 g/mol. The molecule has 0 spiro atoms. The van der Waals surface area contributed by atoms with Crippen LogP contribution >= 0.6 is 0 Å². The van der Waals surface area contributed by atoms with Crippen molar-refractivity contribution in [1.29, 1.82) is 0 Å². The summed E-state index contributed by atoms with van der Waals surface area (Å²) in [5.41, 5.74) is 5.46. The Kier molecular flexibility index (Phi) is 2.99. The second-order valence-corrected chi connectivity index (χ2v) is 7.06. The molecule has 2 aliphatic carbocycles. The Hall–Kier alpha value is -1.41. The molecule has 0 saturated heterocycles. The summed E-state index contributed by atoms with van der Waals surface area (Å²) in [6.07, 6.45) is 7.42. The third-order valence-corrected chi connectivity index (χ3v) is 5.74. The molecule has 2 heteroatoms. The Bertz CT molecular complexity index is 651. The minimum absolute atomic E-state index is 0.411. The number of benzene rings is 1. The Morgan fingerprint density at radius 3 is 2.75 bits per heavy atom. The van der Waals surface area contributed by atoms with Crippen molar-refractivity contribution < 1.29 is 4.21 Å². The minimum Gasteiger partial charge on any atom is -0.250 e. The van der Waals surface area contributed by atoms with Crippen LogP contribution in [0.3, 0.4) is 0 Å². The number of hydrogen-bond donors (Lipinski definition) is 0. The Labute approximate surface area is 122 Å². The molecule has 4 rings (SSSR count). The van der Waals surface area contributed by atoms with Crippen molar-refractivity contribution in [2.24, 2.45) is 5.92 Å². The SMILES string of the molecule is O=S1C=C2C=C3CCCCC3C(c3ccccc3)C2=C1. The molecule has 102 valence electrons. The smallest absolute Gasteiger partial charge is 0.0711 e. The predicted molar refractivity (Wildman–Crippen MR) is 83.5 cm³/mol. The Balaban J connectivity index is 1.86. The van der Waals surface area contributed by atoms with E-state index in [9.17, 15) is 4.21 Å². The third kappa shape index (κ3) is 1.94. The van der Waals surface area contributed by atoms with Gasteiger partial charge in [0.1, 0.15) is 0 Å². The van der Waals surface area contributed by atoms with Crippen molar-refractivity contribution >= 4 is 10.8 Å². The molecule has 1 heterocycles. The topological polar surface area (TPSA) is 17.1 Å². The summed E-state index contributed by atoms with van der Waals surface area (Å²) in [7, 11) is -0.919. The first-order valence-corrected chi connectivity index (χ1v) is 8.69. The number of allylic oxidation sites excluding steroid dienone is 4. The molecule has 3 aliphatic rings. The van der Waals surface area contributed by atoms with E-state index in [1.54, 1.807) is 5.57 Å². The standard InChI is InChI=1S/C18H18OS/c19-20-11-15-10-14-8-4-5-9-16(14)18(17(15)12-20)13-6-2-1-3-7-13/h1-3,6-7,10-12,16,18H,4-5,8-9H2. The zero-order valence-electron chi connectivity index (χ0n) is 11.4. The molecule has 0 bridgehead atoms. The quantitative estimate of drug-likeness (QED) is 0.744. The molecule has 1 aliphatic heterocycles. The fourth-order valence-corrected chi connectivity index (χ4v) is 4.96. The van der Waals surface area contributed by atoms with Crippen molar-refractivity contribution in [3.05, 3.63) is 69.5 Å². The van der Waals surface area contributed by atoms with Gasteiger partial charge in [0.15, 0.2) is 0 Å². The normalized spacial score (nSPS) is 31.8. The van der Waals surface area contributed by atoms with E-state index in [1.807, 2.05) is 10.8 Å². The molecule has 1 aromatic rings. The van der Waals surface area contributed by atoms with Gasteiger partial charge in [-0.1, -0.05) is 48.4 Å². The fourth-order valence-electron chi connectivity index (χ4n) is 3.90. The molecule has 0 N–H and O–H groups in total. The second-order valence-electron chi connectivity index (χ2n) is 5.93. The van der Waals surface area contributed by atoms with Gasteiger partial charge in [0.2, 0.25) is 0 Å². The van der Waals surface area contributed by atoms with Gasteiger partial charge in [-0.25, -0.2) is 0 Å². The van der Waals surface area contributed by atoms with Crippen LogP contribution < -0.4 is 0 Å². The lowest BCUT2D eigenvalue weighted by Gasteiger charge is -2.38. The number of hydrogen-bond acceptors (Lipinski definition) is 1. The molecule has 1 nitrogen and oxygen atoms in total. The summed E-state index contributed by atoms with van der Waals surface area (Å²) in [4.78, 5) is 0. The largest absolute Gasteiger partial charge is 0.250 e. The summed E-state index contributed by atoms with van der Waals surface area (Å²) >= 11 is 0. The van der Waals surface area contributed by atoms with Crippen molar-refractivity contribution in [2.45, 2.75) is 31.6 Å². The first-order valence-electron chi connectivity index (χ1n) is 7.41. The van der Waals surface area contributed by atoms with Gasteiger partial charge in [0.05, 0.1) is 10.8 Å². The van der Waals surface area contributed by atoms with Crippen LogP contribution in [0.1, 0.15) is 37.2 Å². The lowest BCUT2D eigenvalue weighted by Crippen LogP contribution is -2.24.